The van der Waals surface area contributed by atoms with Gasteiger partial charge in [-0.15, -0.1) is 0 Å². The first kappa shape index (κ1) is 11.5. The number of hydrogen-bond donors (Lipinski definition) is 1. The molecule has 1 rings (SSSR count). The summed E-state index contributed by atoms with van der Waals surface area (Å²) in [6, 6.07) is 7.06. The van der Waals surface area contributed by atoms with Gasteiger partial charge in [0.1, 0.15) is 0 Å². The molecule has 0 bridgehead atoms. The Morgan fingerprint density at radius 2 is 2.13 bits per heavy atom. The number of carbonyl (C=O) groups is 1. The van der Waals surface area contributed by atoms with Gasteiger partial charge in [0.2, 0.25) is 5.91 Å². The van der Waals surface area contributed by atoms with Crippen molar-refractivity contribution in [2.45, 2.75) is 19.3 Å². The summed E-state index contributed by atoms with van der Waals surface area (Å²) < 4.78 is 0. The maximum absolute atomic E-state index is 11.0. The number of rotatable bonds is 2. The molecule has 0 aliphatic rings. The van der Waals surface area contributed by atoms with Crippen molar-refractivity contribution in [1.29, 1.82) is 5.26 Å². The van der Waals surface area contributed by atoms with Crippen molar-refractivity contribution >= 4 is 17.5 Å². The van der Waals surface area contributed by atoms with Crippen LogP contribution in [0.15, 0.2) is 18.2 Å². The minimum absolute atomic E-state index is 0.248. The van der Waals surface area contributed by atoms with Crippen LogP contribution in [0.3, 0.4) is 0 Å². The van der Waals surface area contributed by atoms with E-state index in [4.69, 9.17) is 22.6 Å². The second kappa shape index (κ2) is 3.92. The predicted octanol–water partition coefficient (Wildman–Crippen LogP) is 2.24. The summed E-state index contributed by atoms with van der Waals surface area (Å²) in [5.41, 5.74) is 5.29. The number of halogens is 1. The summed E-state index contributed by atoms with van der Waals surface area (Å²) in [6.07, 6.45) is 0. The van der Waals surface area contributed by atoms with Crippen LogP contribution in [0.1, 0.15) is 29.8 Å². The first-order valence-electron chi connectivity index (χ1n) is 4.40. The van der Waals surface area contributed by atoms with Gasteiger partial charge in [-0.25, -0.2) is 0 Å². The number of primary amides is 1. The molecule has 0 unspecified atom stereocenters. The Kier molecular flexibility index (Phi) is 3.01. The monoisotopic (exact) mass is 222 g/mol. The van der Waals surface area contributed by atoms with Crippen LogP contribution in [-0.4, -0.2) is 5.91 Å². The Morgan fingerprint density at radius 3 is 2.60 bits per heavy atom. The Hall–Kier alpha value is -1.53. The number of amides is 1. The molecule has 0 aliphatic heterocycles. The van der Waals surface area contributed by atoms with Crippen LogP contribution in [0.2, 0.25) is 5.02 Å². The summed E-state index contributed by atoms with van der Waals surface area (Å²) in [6.45, 7) is 3.47. The van der Waals surface area contributed by atoms with Crippen molar-refractivity contribution in [3.05, 3.63) is 34.3 Å². The molecule has 0 spiro atoms. The summed E-state index contributed by atoms with van der Waals surface area (Å²) in [5.74, 6) is -0.587. The van der Waals surface area contributed by atoms with E-state index in [1.165, 1.54) is 0 Å². The van der Waals surface area contributed by atoms with E-state index in [0.717, 1.165) is 0 Å². The first-order valence-corrected chi connectivity index (χ1v) is 4.78. The van der Waals surface area contributed by atoms with Crippen LogP contribution >= 0.6 is 11.6 Å². The lowest BCUT2D eigenvalue weighted by molar-refractivity contribution is 0.100. The van der Waals surface area contributed by atoms with Crippen molar-refractivity contribution in [2.75, 3.05) is 0 Å². The fourth-order valence-electron chi connectivity index (χ4n) is 1.27. The van der Waals surface area contributed by atoms with E-state index in [1.807, 2.05) is 0 Å². The van der Waals surface area contributed by atoms with Gasteiger partial charge in [0.15, 0.2) is 0 Å². The van der Waals surface area contributed by atoms with E-state index >= 15 is 0 Å². The highest BCUT2D eigenvalue weighted by atomic mass is 35.5. The Morgan fingerprint density at radius 1 is 1.53 bits per heavy atom. The van der Waals surface area contributed by atoms with Gasteiger partial charge < -0.3 is 5.73 Å². The molecule has 0 saturated carbocycles. The normalized spacial score (nSPS) is 10.8. The lowest BCUT2D eigenvalue weighted by Crippen LogP contribution is -2.18. The number of nitrogens with two attached hydrogens (primary N) is 1. The van der Waals surface area contributed by atoms with Crippen LogP contribution in [0, 0.1) is 11.3 Å². The molecule has 1 aromatic rings. The largest absolute Gasteiger partial charge is 0.366 e. The van der Waals surface area contributed by atoms with E-state index in [0.29, 0.717) is 5.56 Å². The standard InChI is InChI=1S/C11H11ClN2O/c1-11(2,6-13)8-5-3-4-7(9(8)12)10(14)15/h3-5H,1-2H3,(H2,14,15). The van der Waals surface area contributed by atoms with E-state index in [9.17, 15) is 4.79 Å². The van der Waals surface area contributed by atoms with Crippen molar-refractivity contribution in [1.82, 2.24) is 0 Å². The molecule has 0 aliphatic carbocycles. The topological polar surface area (TPSA) is 66.9 Å². The molecular weight excluding hydrogens is 212 g/mol. The molecule has 0 aromatic heterocycles. The van der Waals surface area contributed by atoms with E-state index in [1.54, 1.807) is 32.0 Å². The minimum Gasteiger partial charge on any atom is -0.366 e. The molecule has 0 atom stereocenters. The highest BCUT2D eigenvalue weighted by molar-refractivity contribution is 6.34. The molecule has 15 heavy (non-hydrogen) atoms. The molecule has 4 heteroatoms. The predicted molar refractivity (Wildman–Crippen MR) is 58.6 cm³/mol. The summed E-state index contributed by atoms with van der Waals surface area (Å²) in [4.78, 5) is 11.0. The van der Waals surface area contributed by atoms with Crippen LogP contribution in [0.4, 0.5) is 0 Å². The Labute approximate surface area is 93.5 Å². The smallest absolute Gasteiger partial charge is 0.250 e. The van der Waals surface area contributed by atoms with Gasteiger partial charge in [0.25, 0.3) is 0 Å². The minimum atomic E-state index is -0.734. The fourth-order valence-corrected chi connectivity index (χ4v) is 1.72. The van der Waals surface area contributed by atoms with E-state index in [-0.39, 0.29) is 10.6 Å². The van der Waals surface area contributed by atoms with Gasteiger partial charge in [0.05, 0.1) is 22.1 Å². The fraction of sp³-hybridized carbons (Fsp3) is 0.273. The molecular formula is C11H11ClN2O. The number of benzene rings is 1. The second-order valence-electron chi connectivity index (χ2n) is 3.77. The van der Waals surface area contributed by atoms with Crippen LogP contribution < -0.4 is 5.73 Å². The summed E-state index contributed by atoms with van der Waals surface area (Å²) in [7, 11) is 0. The molecule has 0 fully saturated rings. The molecule has 0 saturated heterocycles. The van der Waals surface area contributed by atoms with Gasteiger partial charge in [0, 0.05) is 0 Å². The van der Waals surface area contributed by atoms with Gasteiger partial charge in [-0.05, 0) is 25.5 Å². The number of nitriles is 1. The third-order valence-electron chi connectivity index (χ3n) is 2.22. The van der Waals surface area contributed by atoms with Crippen molar-refractivity contribution in [3.8, 4) is 6.07 Å². The third kappa shape index (κ3) is 2.11. The average Bonchev–Trinajstić information content (AvgIpc) is 2.17. The maximum atomic E-state index is 11.0. The Balaban J connectivity index is 3.42. The number of carbonyl (C=O) groups excluding carboxylic acids is 1. The lowest BCUT2D eigenvalue weighted by atomic mass is 9.85. The zero-order valence-corrected chi connectivity index (χ0v) is 9.30. The van der Waals surface area contributed by atoms with E-state index in [2.05, 4.69) is 6.07 Å². The van der Waals surface area contributed by atoms with Gasteiger partial charge in [-0.2, -0.15) is 5.26 Å². The first-order chi connectivity index (χ1) is 6.90. The van der Waals surface area contributed by atoms with E-state index < -0.39 is 11.3 Å². The van der Waals surface area contributed by atoms with Gasteiger partial charge in [-0.3, -0.25) is 4.79 Å². The lowest BCUT2D eigenvalue weighted by Gasteiger charge is -2.18. The molecule has 1 amide bonds. The third-order valence-corrected chi connectivity index (χ3v) is 2.62. The average molecular weight is 223 g/mol. The Bertz CT molecular complexity index is 446. The number of hydrogen-bond acceptors (Lipinski definition) is 2. The zero-order valence-electron chi connectivity index (χ0n) is 8.54. The molecule has 2 N–H and O–H groups in total. The molecule has 0 heterocycles. The highest BCUT2D eigenvalue weighted by Gasteiger charge is 2.24. The van der Waals surface area contributed by atoms with Crippen molar-refractivity contribution < 1.29 is 4.79 Å². The van der Waals surface area contributed by atoms with Gasteiger partial charge >= 0.3 is 0 Å². The van der Waals surface area contributed by atoms with Crippen LogP contribution in [-0.2, 0) is 5.41 Å². The molecule has 78 valence electrons. The molecule has 1 aromatic carbocycles. The quantitative estimate of drug-likeness (QED) is 0.834. The maximum Gasteiger partial charge on any atom is 0.250 e. The molecule has 3 nitrogen and oxygen atoms in total. The highest BCUT2D eigenvalue weighted by Crippen LogP contribution is 2.31. The van der Waals surface area contributed by atoms with Crippen LogP contribution in [0.25, 0.3) is 0 Å². The van der Waals surface area contributed by atoms with Gasteiger partial charge in [-0.1, -0.05) is 23.7 Å². The summed E-state index contributed by atoms with van der Waals surface area (Å²) in [5, 5.41) is 9.24. The SMILES string of the molecule is CC(C)(C#N)c1cccc(C(N)=O)c1Cl. The van der Waals surface area contributed by atoms with Crippen molar-refractivity contribution in [2.24, 2.45) is 5.73 Å². The molecule has 0 radical (unpaired) electrons. The number of nitrogens with zero attached hydrogens (tertiary/aromatic N) is 1. The second-order valence-corrected chi connectivity index (χ2v) is 4.15. The van der Waals surface area contributed by atoms with Crippen LogP contribution in [0.5, 0.6) is 0 Å². The summed E-state index contributed by atoms with van der Waals surface area (Å²) >= 11 is 6.02. The van der Waals surface area contributed by atoms with Crippen molar-refractivity contribution in [3.63, 3.8) is 0 Å². The zero-order chi connectivity index (χ0) is 11.6.